The number of allylic oxidation sites excluding steroid dienone is 1. The largest absolute Gasteiger partial charge is 0.351 e. The predicted octanol–water partition coefficient (Wildman–Crippen LogP) is 2.33. The van der Waals surface area contributed by atoms with Gasteiger partial charge in [-0.05, 0) is 34.2 Å². The van der Waals surface area contributed by atoms with E-state index < -0.39 is 0 Å². The second-order valence-corrected chi connectivity index (χ2v) is 3.61. The van der Waals surface area contributed by atoms with Crippen molar-refractivity contribution in [3.63, 3.8) is 0 Å². The minimum Gasteiger partial charge on any atom is -0.351 e. The Morgan fingerprint density at radius 1 is 1.13 bits per heavy atom. The molecule has 0 aliphatic carbocycles. The lowest BCUT2D eigenvalue weighted by atomic mass is 10.2. The molecule has 0 heterocycles. The van der Waals surface area contributed by atoms with Gasteiger partial charge in [-0.1, -0.05) is 18.6 Å². The summed E-state index contributed by atoms with van der Waals surface area (Å²) in [5, 5.41) is 3.36. The highest BCUT2D eigenvalue weighted by atomic mass is 16.7. The molecule has 0 radical (unpaired) electrons. The average molecular weight is 215 g/mol. The molecule has 15 heavy (non-hydrogen) atoms. The highest BCUT2D eigenvalue weighted by Gasteiger charge is 2.18. The number of hydrogen-bond donors (Lipinski definition) is 1. The molecule has 0 spiro atoms. The summed E-state index contributed by atoms with van der Waals surface area (Å²) in [5.41, 5.74) is 1.27. The quantitative estimate of drug-likeness (QED) is 0.498. The highest BCUT2D eigenvalue weighted by molar-refractivity contribution is 5.02. The molecule has 0 aromatic heterocycles. The third-order valence-corrected chi connectivity index (χ3v) is 1.91. The van der Waals surface area contributed by atoms with Crippen molar-refractivity contribution in [3.8, 4) is 0 Å². The molecule has 0 saturated carbocycles. The maximum atomic E-state index is 5.57. The Labute approximate surface area is 93.8 Å². The lowest BCUT2D eigenvalue weighted by molar-refractivity contribution is -0.146. The van der Waals surface area contributed by atoms with Crippen LogP contribution in [0, 0.1) is 0 Å². The van der Waals surface area contributed by atoms with Crippen LogP contribution in [0.4, 0.5) is 0 Å². The summed E-state index contributed by atoms with van der Waals surface area (Å²) in [4.78, 5) is 0. The Morgan fingerprint density at radius 2 is 1.67 bits per heavy atom. The predicted molar refractivity (Wildman–Crippen MR) is 63.9 cm³/mol. The number of ether oxygens (including phenoxy) is 2. The maximum Gasteiger partial charge on any atom is 0.176 e. The van der Waals surface area contributed by atoms with Crippen LogP contribution in [0.3, 0.4) is 0 Å². The molecule has 3 nitrogen and oxygen atoms in total. The highest BCUT2D eigenvalue weighted by Crippen LogP contribution is 2.06. The third kappa shape index (κ3) is 6.66. The fourth-order valence-electron chi connectivity index (χ4n) is 1.41. The first-order valence-corrected chi connectivity index (χ1v) is 5.77. The first-order valence-electron chi connectivity index (χ1n) is 5.77. The van der Waals surface area contributed by atoms with Crippen LogP contribution in [0.5, 0.6) is 0 Å². The molecule has 0 bridgehead atoms. The summed E-state index contributed by atoms with van der Waals surface area (Å²) in [5.74, 6) is 0. The molecular weight excluding hydrogens is 190 g/mol. The van der Waals surface area contributed by atoms with Crippen LogP contribution >= 0.6 is 0 Å². The third-order valence-electron chi connectivity index (χ3n) is 1.91. The van der Waals surface area contributed by atoms with Crippen LogP contribution in [0.15, 0.2) is 11.6 Å². The van der Waals surface area contributed by atoms with Crippen LogP contribution in [-0.4, -0.2) is 32.1 Å². The zero-order chi connectivity index (χ0) is 11.7. The molecule has 0 fully saturated rings. The molecule has 0 aliphatic rings. The molecule has 0 aliphatic heterocycles. The lowest BCUT2D eigenvalue weighted by Gasteiger charge is -2.25. The van der Waals surface area contributed by atoms with Crippen molar-refractivity contribution in [2.24, 2.45) is 0 Å². The fraction of sp³-hybridized carbons (Fsp3) is 0.833. The molecule has 1 atom stereocenters. The van der Waals surface area contributed by atoms with Crippen molar-refractivity contribution in [2.75, 3.05) is 19.8 Å². The Balaban J connectivity index is 4.43. The minimum atomic E-state index is -0.185. The van der Waals surface area contributed by atoms with E-state index in [1.54, 1.807) is 0 Å². The van der Waals surface area contributed by atoms with Crippen LogP contribution < -0.4 is 5.32 Å². The molecule has 0 amide bonds. The number of nitrogens with one attached hydrogen (secondary N) is 1. The van der Waals surface area contributed by atoms with Gasteiger partial charge in [0.2, 0.25) is 0 Å². The van der Waals surface area contributed by atoms with Crippen molar-refractivity contribution in [3.05, 3.63) is 11.6 Å². The van der Waals surface area contributed by atoms with Crippen molar-refractivity contribution < 1.29 is 9.47 Å². The summed E-state index contributed by atoms with van der Waals surface area (Å²) in [6.07, 6.45) is 1.97. The van der Waals surface area contributed by atoms with E-state index in [1.807, 2.05) is 13.8 Å². The monoisotopic (exact) mass is 215 g/mol. The number of likely N-dealkylation sites (N-methyl/N-ethyl adjacent to an activating group) is 1. The summed E-state index contributed by atoms with van der Waals surface area (Å²) in [6.45, 7) is 12.5. The van der Waals surface area contributed by atoms with E-state index in [0.29, 0.717) is 13.2 Å². The standard InChI is InChI=1S/C12H25NO2/c1-6-13-11(9-10(4)5)12(14-7-2)15-8-3/h9,11-13H,6-8H2,1-5H3. The first kappa shape index (κ1) is 14.6. The van der Waals surface area contributed by atoms with E-state index in [-0.39, 0.29) is 12.3 Å². The zero-order valence-corrected chi connectivity index (χ0v) is 10.7. The van der Waals surface area contributed by atoms with E-state index in [4.69, 9.17) is 9.47 Å². The van der Waals surface area contributed by atoms with Crippen LogP contribution in [-0.2, 0) is 9.47 Å². The number of hydrogen-bond acceptors (Lipinski definition) is 3. The second-order valence-electron chi connectivity index (χ2n) is 3.61. The minimum absolute atomic E-state index is 0.139. The smallest absolute Gasteiger partial charge is 0.176 e. The van der Waals surface area contributed by atoms with Gasteiger partial charge in [0.1, 0.15) is 0 Å². The summed E-state index contributed by atoms with van der Waals surface area (Å²) in [7, 11) is 0. The zero-order valence-electron chi connectivity index (χ0n) is 10.7. The summed E-state index contributed by atoms with van der Waals surface area (Å²) < 4.78 is 11.1. The van der Waals surface area contributed by atoms with Gasteiger partial charge in [0.25, 0.3) is 0 Å². The van der Waals surface area contributed by atoms with Gasteiger partial charge in [-0.3, -0.25) is 0 Å². The van der Waals surface area contributed by atoms with E-state index in [2.05, 4.69) is 32.2 Å². The summed E-state index contributed by atoms with van der Waals surface area (Å²) >= 11 is 0. The first-order chi connectivity index (χ1) is 7.15. The van der Waals surface area contributed by atoms with Crippen molar-refractivity contribution in [1.82, 2.24) is 5.32 Å². The topological polar surface area (TPSA) is 30.5 Å². The normalized spacial score (nSPS) is 12.9. The van der Waals surface area contributed by atoms with Gasteiger partial charge in [0.15, 0.2) is 6.29 Å². The van der Waals surface area contributed by atoms with E-state index in [1.165, 1.54) is 5.57 Å². The Bertz CT molecular complexity index is 170. The van der Waals surface area contributed by atoms with Crippen LogP contribution in [0.25, 0.3) is 0 Å². The van der Waals surface area contributed by atoms with Gasteiger partial charge >= 0.3 is 0 Å². The van der Waals surface area contributed by atoms with E-state index in [9.17, 15) is 0 Å². The summed E-state index contributed by atoms with van der Waals surface area (Å²) in [6, 6.07) is 0.139. The molecule has 0 aromatic rings. The van der Waals surface area contributed by atoms with Gasteiger partial charge < -0.3 is 14.8 Å². The molecule has 3 heteroatoms. The molecule has 1 unspecified atom stereocenters. The Morgan fingerprint density at radius 3 is 2.00 bits per heavy atom. The van der Waals surface area contributed by atoms with Gasteiger partial charge in [-0.25, -0.2) is 0 Å². The van der Waals surface area contributed by atoms with Crippen molar-refractivity contribution >= 4 is 0 Å². The molecule has 90 valence electrons. The van der Waals surface area contributed by atoms with E-state index >= 15 is 0 Å². The molecule has 0 rings (SSSR count). The lowest BCUT2D eigenvalue weighted by Crippen LogP contribution is -2.41. The van der Waals surface area contributed by atoms with Gasteiger partial charge in [0, 0.05) is 13.2 Å². The van der Waals surface area contributed by atoms with Gasteiger partial charge in [-0.2, -0.15) is 0 Å². The Hall–Kier alpha value is -0.380. The molecule has 1 N–H and O–H groups in total. The maximum absolute atomic E-state index is 5.57. The SMILES string of the molecule is CCNC(C=C(C)C)C(OCC)OCC. The Kier molecular flexibility index (Phi) is 8.67. The van der Waals surface area contributed by atoms with Gasteiger partial charge in [-0.15, -0.1) is 0 Å². The molecular formula is C12H25NO2. The number of rotatable bonds is 8. The van der Waals surface area contributed by atoms with Gasteiger partial charge in [0.05, 0.1) is 6.04 Å². The molecule has 0 aromatic carbocycles. The van der Waals surface area contributed by atoms with Crippen molar-refractivity contribution in [1.29, 1.82) is 0 Å². The fourth-order valence-corrected chi connectivity index (χ4v) is 1.41. The molecule has 0 saturated heterocycles. The van der Waals surface area contributed by atoms with Crippen LogP contribution in [0.2, 0.25) is 0 Å². The second kappa shape index (κ2) is 8.89. The van der Waals surface area contributed by atoms with Crippen molar-refractivity contribution in [2.45, 2.75) is 47.0 Å². The van der Waals surface area contributed by atoms with E-state index in [0.717, 1.165) is 6.54 Å². The van der Waals surface area contributed by atoms with Crippen LogP contribution in [0.1, 0.15) is 34.6 Å². The average Bonchev–Trinajstić information content (AvgIpc) is 2.16.